The van der Waals surface area contributed by atoms with Crippen LogP contribution in [0.4, 0.5) is 0 Å². The number of rotatable bonds is 4. The Bertz CT molecular complexity index is 335. The number of ether oxygens (including phenoxy) is 3. The van der Waals surface area contributed by atoms with Crippen molar-refractivity contribution in [3.63, 3.8) is 0 Å². The highest BCUT2D eigenvalue weighted by Gasteiger charge is 2.63. The molecule has 2 aliphatic rings. The van der Waals surface area contributed by atoms with Gasteiger partial charge in [0.25, 0.3) is 0 Å². The van der Waals surface area contributed by atoms with E-state index in [1.807, 2.05) is 0 Å². The van der Waals surface area contributed by atoms with E-state index in [4.69, 9.17) is 14.2 Å². The van der Waals surface area contributed by atoms with E-state index < -0.39 is 11.4 Å². The van der Waals surface area contributed by atoms with Crippen LogP contribution in [0.15, 0.2) is 0 Å². The van der Waals surface area contributed by atoms with Gasteiger partial charge in [0, 0.05) is 20.3 Å². The summed E-state index contributed by atoms with van der Waals surface area (Å²) in [5.74, 6) is -0.573. The molecular weight excluding hydrogens is 236 g/mol. The lowest BCUT2D eigenvalue weighted by molar-refractivity contribution is -0.184. The molecule has 1 spiro atoms. The van der Waals surface area contributed by atoms with Crippen molar-refractivity contribution in [3.05, 3.63) is 0 Å². The average Bonchev–Trinajstić information content (AvgIpc) is 2.35. The van der Waals surface area contributed by atoms with Crippen LogP contribution in [-0.2, 0) is 23.8 Å². The lowest BCUT2D eigenvalue weighted by Gasteiger charge is -2.55. The summed E-state index contributed by atoms with van der Waals surface area (Å²) < 4.78 is 15.0. The van der Waals surface area contributed by atoms with Gasteiger partial charge in [-0.3, -0.25) is 9.59 Å². The zero-order valence-corrected chi connectivity index (χ0v) is 11.0. The van der Waals surface area contributed by atoms with Crippen molar-refractivity contribution in [2.45, 2.75) is 25.7 Å². The summed E-state index contributed by atoms with van der Waals surface area (Å²) in [4.78, 5) is 24.0. The van der Waals surface area contributed by atoms with Crippen LogP contribution in [0.25, 0.3) is 0 Å². The van der Waals surface area contributed by atoms with E-state index in [2.05, 4.69) is 0 Å². The van der Waals surface area contributed by atoms with Crippen LogP contribution in [0.1, 0.15) is 25.7 Å². The SMILES string of the molecule is COCC(=O)C1(C(=O)OC)CC2(CCOCC2)C1. The normalized spacial score (nSPS) is 24.3. The smallest absolute Gasteiger partial charge is 0.319 e. The zero-order valence-electron chi connectivity index (χ0n) is 11.0. The highest BCUT2D eigenvalue weighted by atomic mass is 16.5. The van der Waals surface area contributed by atoms with Crippen molar-refractivity contribution >= 4 is 11.8 Å². The molecule has 0 bridgehead atoms. The predicted octanol–water partition coefficient (Wildman–Crippen LogP) is 0.952. The van der Waals surface area contributed by atoms with Crippen molar-refractivity contribution in [1.82, 2.24) is 0 Å². The molecule has 2 rings (SSSR count). The summed E-state index contributed by atoms with van der Waals surface area (Å²) in [7, 11) is 2.80. The molecule has 1 aliphatic carbocycles. The third-order valence-electron chi connectivity index (χ3n) is 4.29. The third-order valence-corrected chi connectivity index (χ3v) is 4.29. The van der Waals surface area contributed by atoms with Gasteiger partial charge in [0.1, 0.15) is 12.0 Å². The fourth-order valence-electron chi connectivity index (χ4n) is 3.31. The van der Waals surface area contributed by atoms with E-state index in [0.717, 1.165) is 26.1 Å². The molecule has 0 aromatic heterocycles. The minimum absolute atomic E-state index is 0.0261. The fraction of sp³-hybridized carbons (Fsp3) is 0.846. The molecule has 0 radical (unpaired) electrons. The second kappa shape index (κ2) is 4.97. The summed E-state index contributed by atoms with van der Waals surface area (Å²) in [5, 5.41) is 0. The Morgan fingerprint density at radius 3 is 2.28 bits per heavy atom. The third kappa shape index (κ3) is 2.06. The first kappa shape index (κ1) is 13.5. The van der Waals surface area contributed by atoms with Gasteiger partial charge in [0.15, 0.2) is 5.78 Å². The topological polar surface area (TPSA) is 61.8 Å². The van der Waals surface area contributed by atoms with Crippen LogP contribution in [0.3, 0.4) is 0 Å². The van der Waals surface area contributed by atoms with Gasteiger partial charge in [0.2, 0.25) is 0 Å². The van der Waals surface area contributed by atoms with Gasteiger partial charge in [-0.25, -0.2) is 0 Å². The van der Waals surface area contributed by atoms with E-state index >= 15 is 0 Å². The molecule has 1 saturated carbocycles. The Morgan fingerprint density at radius 1 is 1.17 bits per heavy atom. The predicted molar refractivity (Wildman–Crippen MR) is 63.1 cm³/mol. The maximum atomic E-state index is 12.1. The molecule has 0 atom stereocenters. The monoisotopic (exact) mass is 256 g/mol. The summed E-state index contributed by atoms with van der Waals surface area (Å²) in [6.45, 7) is 1.41. The van der Waals surface area contributed by atoms with E-state index in [-0.39, 0.29) is 17.8 Å². The van der Waals surface area contributed by atoms with E-state index in [0.29, 0.717) is 12.8 Å². The van der Waals surface area contributed by atoms with Crippen LogP contribution in [0.5, 0.6) is 0 Å². The van der Waals surface area contributed by atoms with Gasteiger partial charge in [-0.2, -0.15) is 0 Å². The minimum atomic E-state index is -0.970. The number of esters is 1. The zero-order chi connectivity index (χ0) is 13.2. The fourth-order valence-corrected chi connectivity index (χ4v) is 3.31. The number of hydrogen-bond acceptors (Lipinski definition) is 5. The van der Waals surface area contributed by atoms with E-state index in [1.54, 1.807) is 0 Å². The number of carbonyl (C=O) groups excluding carboxylic acids is 2. The van der Waals surface area contributed by atoms with Crippen molar-refractivity contribution in [2.75, 3.05) is 34.0 Å². The first-order chi connectivity index (χ1) is 8.58. The maximum absolute atomic E-state index is 12.1. The van der Waals surface area contributed by atoms with Crippen LogP contribution in [0, 0.1) is 10.8 Å². The molecule has 0 N–H and O–H groups in total. The molecule has 102 valence electrons. The highest BCUT2D eigenvalue weighted by Crippen LogP contribution is 2.60. The van der Waals surface area contributed by atoms with Crippen LogP contribution < -0.4 is 0 Å². The number of ketones is 1. The van der Waals surface area contributed by atoms with Crippen molar-refractivity contribution in [1.29, 1.82) is 0 Å². The molecule has 1 aliphatic heterocycles. The van der Waals surface area contributed by atoms with Crippen molar-refractivity contribution in [3.8, 4) is 0 Å². The van der Waals surface area contributed by atoms with Crippen LogP contribution in [0.2, 0.25) is 0 Å². The molecular formula is C13H20O5. The summed E-state index contributed by atoms with van der Waals surface area (Å²) in [5.41, 5.74) is -0.877. The van der Waals surface area contributed by atoms with Crippen LogP contribution in [-0.4, -0.2) is 45.8 Å². The summed E-state index contributed by atoms with van der Waals surface area (Å²) >= 11 is 0. The van der Waals surface area contributed by atoms with Crippen molar-refractivity contribution < 1.29 is 23.8 Å². The lowest BCUT2D eigenvalue weighted by atomic mass is 9.48. The Labute approximate surface area is 107 Å². The van der Waals surface area contributed by atoms with Crippen molar-refractivity contribution in [2.24, 2.45) is 10.8 Å². The number of carbonyl (C=O) groups is 2. The number of methoxy groups -OCH3 is 2. The molecule has 0 unspecified atom stereocenters. The lowest BCUT2D eigenvalue weighted by Crippen LogP contribution is -2.58. The molecule has 1 saturated heterocycles. The molecule has 0 aromatic rings. The number of hydrogen-bond donors (Lipinski definition) is 0. The van der Waals surface area contributed by atoms with E-state index in [1.165, 1.54) is 14.2 Å². The molecule has 2 fully saturated rings. The first-order valence-corrected chi connectivity index (χ1v) is 6.27. The summed E-state index contributed by atoms with van der Waals surface area (Å²) in [6, 6.07) is 0. The molecule has 5 nitrogen and oxygen atoms in total. The Morgan fingerprint density at radius 2 is 1.78 bits per heavy atom. The molecule has 0 amide bonds. The highest BCUT2D eigenvalue weighted by molar-refractivity contribution is 6.05. The maximum Gasteiger partial charge on any atom is 0.319 e. The largest absolute Gasteiger partial charge is 0.468 e. The minimum Gasteiger partial charge on any atom is -0.468 e. The summed E-state index contributed by atoms with van der Waals surface area (Å²) in [6.07, 6.45) is 3.01. The first-order valence-electron chi connectivity index (χ1n) is 6.27. The van der Waals surface area contributed by atoms with Gasteiger partial charge in [-0.1, -0.05) is 0 Å². The van der Waals surface area contributed by atoms with Gasteiger partial charge in [-0.15, -0.1) is 0 Å². The van der Waals surface area contributed by atoms with Gasteiger partial charge < -0.3 is 14.2 Å². The average molecular weight is 256 g/mol. The van der Waals surface area contributed by atoms with Gasteiger partial charge in [-0.05, 0) is 31.1 Å². The van der Waals surface area contributed by atoms with E-state index in [9.17, 15) is 9.59 Å². The molecule has 18 heavy (non-hydrogen) atoms. The Kier molecular flexibility index (Phi) is 3.73. The molecule has 5 heteroatoms. The molecule has 0 aromatic carbocycles. The molecule has 1 heterocycles. The van der Waals surface area contributed by atoms with Crippen LogP contribution >= 0.6 is 0 Å². The Hall–Kier alpha value is -0.940. The van der Waals surface area contributed by atoms with Gasteiger partial charge >= 0.3 is 5.97 Å². The van der Waals surface area contributed by atoms with Gasteiger partial charge in [0.05, 0.1) is 7.11 Å². The second-order valence-electron chi connectivity index (χ2n) is 5.40. The Balaban J connectivity index is 2.11. The quantitative estimate of drug-likeness (QED) is 0.553. The standard InChI is InChI=1S/C13H20O5/c1-16-7-10(14)13(11(15)17-2)8-12(9-13)3-5-18-6-4-12/h3-9H2,1-2H3. The number of Topliss-reactive ketones (excluding diaryl/α,β-unsaturated/α-hetero) is 1. The second-order valence-corrected chi connectivity index (χ2v) is 5.40.